The third-order valence-electron chi connectivity index (χ3n) is 6.18. The van der Waals surface area contributed by atoms with Crippen molar-refractivity contribution in [2.24, 2.45) is 11.8 Å². The number of hydrogen-bond acceptors (Lipinski definition) is 2. The van der Waals surface area contributed by atoms with E-state index in [1.54, 1.807) is 4.90 Å². The highest BCUT2D eigenvalue weighted by Gasteiger charge is 2.40. The first kappa shape index (κ1) is 18.7. The fraction of sp³-hybridized carbons (Fsp3) is 0.417. The molecule has 2 heterocycles. The summed E-state index contributed by atoms with van der Waals surface area (Å²) in [4.78, 5) is 29.4. The first-order valence-corrected chi connectivity index (χ1v) is 10.4. The second-order valence-corrected chi connectivity index (χ2v) is 7.96. The van der Waals surface area contributed by atoms with E-state index in [9.17, 15) is 9.59 Å². The number of piperidine rings is 1. The molecule has 1 atom stereocenters. The number of carbonyl (C=O) groups excluding carboxylic acids is 2. The summed E-state index contributed by atoms with van der Waals surface area (Å²) in [5.41, 5.74) is 2.28. The van der Waals surface area contributed by atoms with Crippen LogP contribution >= 0.6 is 0 Å². The second-order valence-electron chi connectivity index (χ2n) is 7.96. The molecule has 2 fully saturated rings. The molecule has 2 saturated heterocycles. The van der Waals surface area contributed by atoms with Gasteiger partial charge >= 0.3 is 0 Å². The van der Waals surface area contributed by atoms with Crippen molar-refractivity contribution in [3.05, 3.63) is 66.2 Å². The lowest BCUT2D eigenvalue weighted by molar-refractivity contribution is -0.141. The molecule has 2 aliphatic rings. The Hall–Kier alpha value is -2.62. The molecule has 0 aromatic heterocycles. The normalized spacial score (nSPS) is 20.6. The van der Waals surface area contributed by atoms with E-state index in [1.165, 1.54) is 12.0 Å². The van der Waals surface area contributed by atoms with Crippen molar-refractivity contribution in [2.45, 2.75) is 32.1 Å². The van der Waals surface area contributed by atoms with Crippen LogP contribution in [0, 0.1) is 11.8 Å². The third kappa shape index (κ3) is 4.11. The Morgan fingerprint density at radius 3 is 2.18 bits per heavy atom. The molecule has 0 N–H and O–H groups in total. The molecule has 28 heavy (non-hydrogen) atoms. The van der Waals surface area contributed by atoms with Gasteiger partial charge in [-0.2, -0.15) is 0 Å². The van der Waals surface area contributed by atoms with Crippen LogP contribution in [0.15, 0.2) is 60.7 Å². The zero-order chi connectivity index (χ0) is 19.3. The summed E-state index contributed by atoms with van der Waals surface area (Å²) in [6.07, 6.45) is 4.99. The number of likely N-dealkylation sites (tertiary alicyclic amines) is 1. The summed E-state index contributed by atoms with van der Waals surface area (Å²) in [6.45, 7) is 2.20. The van der Waals surface area contributed by atoms with Gasteiger partial charge in [0.1, 0.15) is 5.92 Å². The quantitative estimate of drug-likeness (QED) is 0.743. The van der Waals surface area contributed by atoms with Crippen molar-refractivity contribution in [3.63, 3.8) is 0 Å². The zero-order valence-electron chi connectivity index (χ0n) is 16.3. The van der Waals surface area contributed by atoms with E-state index in [1.807, 2.05) is 35.2 Å². The molecule has 0 saturated carbocycles. The molecule has 4 heteroatoms. The van der Waals surface area contributed by atoms with Crippen LogP contribution in [0.2, 0.25) is 0 Å². The number of nitrogens with zero attached hydrogens (tertiary/aromatic N) is 2. The molecular weight excluding hydrogens is 348 g/mol. The van der Waals surface area contributed by atoms with E-state index in [4.69, 9.17) is 0 Å². The van der Waals surface area contributed by atoms with Crippen molar-refractivity contribution in [1.29, 1.82) is 0 Å². The highest BCUT2D eigenvalue weighted by molar-refractivity contribution is 6.09. The molecule has 2 amide bonds. The molecule has 4 rings (SSSR count). The average molecular weight is 377 g/mol. The lowest BCUT2D eigenvalue weighted by atomic mass is 9.90. The van der Waals surface area contributed by atoms with Gasteiger partial charge < -0.3 is 9.80 Å². The zero-order valence-corrected chi connectivity index (χ0v) is 16.3. The first-order chi connectivity index (χ1) is 13.7. The third-order valence-corrected chi connectivity index (χ3v) is 6.18. The van der Waals surface area contributed by atoms with E-state index >= 15 is 0 Å². The number of anilines is 1. The Bertz CT molecular complexity index is 798. The van der Waals surface area contributed by atoms with Gasteiger partial charge in [-0.05, 0) is 55.7 Å². The number of carbonyl (C=O) groups is 2. The summed E-state index contributed by atoms with van der Waals surface area (Å²) in [5.74, 6) is 0.165. The van der Waals surface area contributed by atoms with Gasteiger partial charge in [-0.3, -0.25) is 9.59 Å². The van der Waals surface area contributed by atoms with Crippen LogP contribution in [-0.4, -0.2) is 36.3 Å². The summed E-state index contributed by atoms with van der Waals surface area (Å²) in [5, 5.41) is 0. The molecule has 2 aromatic rings. The maximum absolute atomic E-state index is 13.0. The van der Waals surface area contributed by atoms with Gasteiger partial charge in [-0.1, -0.05) is 48.5 Å². The van der Waals surface area contributed by atoms with Crippen LogP contribution in [-0.2, 0) is 16.0 Å². The molecule has 0 radical (unpaired) electrons. The Kier molecular flexibility index (Phi) is 5.75. The van der Waals surface area contributed by atoms with E-state index in [-0.39, 0.29) is 11.8 Å². The number of hydrogen-bond donors (Lipinski definition) is 0. The van der Waals surface area contributed by atoms with Gasteiger partial charge in [0, 0.05) is 25.3 Å². The van der Waals surface area contributed by atoms with E-state index in [0.717, 1.165) is 38.0 Å². The Morgan fingerprint density at radius 2 is 1.50 bits per heavy atom. The number of benzene rings is 2. The summed E-state index contributed by atoms with van der Waals surface area (Å²) < 4.78 is 0. The number of rotatable bonds is 5. The highest BCUT2D eigenvalue weighted by Crippen LogP contribution is 2.29. The van der Waals surface area contributed by atoms with Crippen molar-refractivity contribution in [2.75, 3.05) is 24.5 Å². The van der Waals surface area contributed by atoms with Gasteiger partial charge in [0.25, 0.3) is 0 Å². The molecular formula is C24H28N2O2. The maximum Gasteiger partial charge on any atom is 0.239 e. The second kappa shape index (κ2) is 8.59. The SMILES string of the molecule is O=C(C1CCN(c2ccccc2)C1=O)N1CCC(CCc2ccccc2)CC1. The molecule has 0 bridgehead atoms. The highest BCUT2D eigenvalue weighted by atomic mass is 16.2. The predicted molar refractivity (Wildman–Crippen MR) is 111 cm³/mol. The van der Waals surface area contributed by atoms with Crippen LogP contribution in [0.25, 0.3) is 0 Å². The van der Waals surface area contributed by atoms with Crippen LogP contribution < -0.4 is 4.90 Å². The Morgan fingerprint density at radius 1 is 0.857 bits per heavy atom. The van der Waals surface area contributed by atoms with Gasteiger partial charge in [-0.25, -0.2) is 0 Å². The summed E-state index contributed by atoms with van der Waals surface area (Å²) in [6, 6.07) is 20.3. The van der Waals surface area contributed by atoms with Gasteiger partial charge in [0.05, 0.1) is 0 Å². The van der Waals surface area contributed by atoms with Gasteiger partial charge in [0.15, 0.2) is 0 Å². The maximum atomic E-state index is 13.0. The molecule has 2 aliphatic heterocycles. The van der Waals surface area contributed by atoms with Crippen LogP contribution in [0.4, 0.5) is 5.69 Å². The first-order valence-electron chi connectivity index (χ1n) is 10.4. The number of amides is 2. The van der Waals surface area contributed by atoms with E-state index in [2.05, 4.69) is 30.3 Å². The lowest BCUT2D eigenvalue weighted by Gasteiger charge is -2.33. The number of aryl methyl sites for hydroxylation is 1. The molecule has 146 valence electrons. The van der Waals surface area contributed by atoms with E-state index in [0.29, 0.717) is 18.9 Å². The number of para-hydroxylation sites is 1. The minimum Gasteiger partial charge on any atom is -0.342 e. The predicted octanol–water partition coefficient (Wildman–Crippen LogP) is 3.91. The molecule has 4 nitrogen and oxygen atoms in total. The summed E-state index contributed by atoms with van der Waals surface area (Å²) >= 11 is 0. The minimum absolute atomic E-state index is 0.0324. The topological polar surface area (TPSA) is 40.6 Å². The average Bonchev–Trinajstić information content (AvgIpc) is 3.15. The van der Waals surface area contributed by atoms with Crippen LogP contribution in [0.5, 0.6) is 0 Å². The molecule has 1 unspecified atom stereocenters. The molecule has 0 aliphatic carbocycles. The largest absolute Gasteiger partial charge is 0.342 e. The van der Waals surface area contributed by atoms with Gasteiger partial charge in [0.2, 0.25) is 11.8 Å². The smallest absolute Gasteiger partial charge is 0.239 e. The molecule has 0 spiro atoms. The van der Waals surface area contributed by atoms with Gasteiger partial charge in [-0.15, -0.1) is 0 Å². The van der Waals surface area contributed by atoms with Crippen molar-refractivity contribution < 1.29 is 9.59 Å². The molecule has 2 aromatic carbocycles. The summed E-state index contributed by atoms with van der Waals surface area (Å²) in [7, 11) is 0. The Balaban J connectivity index is 1.28. The van der Waals surface area contributed by atoms with Crippen LogP contribution in [0.1, 0.15) is 31.2 Å². The van der Waals surface area contributed by atoms with Crippen molar-refractivity contribution >= 4 is 17.5 Å². The minimum atomic E-state index is -0.499. The fourth-order valence-electron chi connectivity index (χ4n) is 4.45. The lowest BCUT2D eigenvalue weighted by Crippen LogP contribution is -2.44. The standard InChI is InChI=1S/C24H28N2O2/c27-23(22-15-18-26(24(22)28)21-9-5-2-6-10-21)25-16-13-20(14-17-25)12-11-19-7-3-1-4-8-19/h1-10,20,22H,11-18H2. The van der Waals surface area contributed by atoms with E-state index < -0.39 is 5.92 Å². The fourth-order valence-corrected chi connectivity index (χ4v) is 4.45. The van der Waals surface area contributed by atoms with Crippen LogP contribution in [0.3, 0.4) is 0 Å². The Labute approximate surface area is 167 Å². The van der Waals surface area contributed by atoms with Crippen molar-refractivity contribution in [1.82, 2.24) is 4.90 Å². The van der Waals surface area contributed by atoms with Crippen molar-refractivity contribution in [3.8, 4) is 0 Å². The monoisotopic (exact) mass is 376 g/mol.